The first kappa shape index (κ1) is 19.3. The van der Waals surface area contributed by atoms with Crippen LogP contribution in [0.15, 0.2) is 54.9 Å². The lowest BCUT2D eigenvalue weighted by molar-refractivity contribution is 0.0638. The van der Waals surface area contributed by atoms with Gasteiger partial charge in [0.05, 0.1) is 29.9 Å². The summed E-state index contributed by atoms with van der Waals surface area (Å²) in [5.41, 5.74) is 1.99. The van der Waals surface area contributed by atoms with Crippen LogP contribution in [0.3, 0.4) is 0 Å². The van der Waals surface area contributed by atoms with Gasteiger partial charge in [-0.05, 0) is 37.3 Å². The number of nitrogens with one attached hydrogen (secondary N) is 1. The van der Waals surface area contributed by atoms with E-state index in [1.165, 1.54) is 0 Å². The predicted octanol–water partition coefficient (Wildman–Crippen LogP) is 2.30. The number of pyridine rings is 1. The molecule has 0 radical (unpaired) electrons. The molecule has 0 fully saturated rings. The van der Waals surface area contributed by atoms with Crippen LogP contribution in [0.25, 0.3) is 0 Å². The van der Waals surface area contributed by atoms with Crippen molar-refractivity contribution in [2.45, 2.75) is 26.1 Å². The zero-order valence-electron chi connectivity index (χ0n) is 16.4. The minimum atomic E-state index is -0.297. The maximum atomic E-state index is 13.0. The predicted molar refractivity (Wildman–Crippen MR) is 108 cm³/mol. The topological polar surface area (TPSA) is 104 Å². The maximum absolute atomic E-state index is 13.0. The number of carbonyl (C=O) groups is 2. The van der Waals surface area contributed by atoms with E-state index in [0.29, 0.717) is 42.3 Å². The fourth-order valence-corrected chi connectivity index (χ4v) is 3.53. The number of amides is 2. The fourth-order valence-electron chi connectivity index (χ4n) is 3.53. The number of nitrogens with zero attached hydrogens (tertiary/aromatic N) is 5. The number of carbonyl (C=O) groups excluding carboxylic acids is 2. The Morgan fingerprint density at radius 3 is 2.87 bits per heavy atom. The van der Waals surface area contributed by atoms with E-state index in [2.05, 4.69) is 21.4 Å². The van der Waals surface area contributed by atoms with Crippen LogP contribution in [0.1, 0.15) is 50.9 Å². The van der Waals surface area contributed by atoms with Crippen molar-refractivity contribution in [2.75, 3.05) is 6.54 Å². The average molecular weight is 400 g/mol. The summed E-state index contributed by atoms with van der Waals surface area (Å²) < 4.78 is 1.91. The molecule has 1 N–H and O–H groups in total. The van der Waals surface area contributed by atoms with Crippen LogP contribution in [-0.4, -0.2) is 37.8 Å². The van der Waals surface area contributed by atoms with Gasteiger partial charge in [-0.1, -0.05) is 12.1 Å². The average Bonchev–Trinajstić information content (AvgIpc) is 3.23. The molecular weight excluding hydrogens is 380 g/mol. The second-order valence-electron chi connectivity index (χ2n) is 7.05. The van der Waals surface area contributed by atoms with E-state index < -0.39 is 0 Å². The van der Waals surface area contributed by atoms with Gasteiger partial charge in [0, 0.05) is 31.0 Å². The first-order valence-electron chi connectivity index (χ1n) is 9.63. The molecule has 1 aliphatic heterocycles. The Hall–Kier alpha value is -3.99. The molecule has 1 atom stereocenters. The molecule has 1 aromatic carbocycles. The summed E-state index contributed by atoms with van der Waals surface area (Å²) in [6.45, 7) is 3.25. The van der Waals surface area contributed by atoms with Gasteiger partial charge in [-0.15, -0.1) is 0 Å². The van der Waals surface area contributed by atoms with Crippen LogP contribution >= 0.6 is 0 Å². The molecule has 0 saturated carbocycles. The molecule has 8 heteroatoms. The summed E-state index contributed by atoms with van der Waals surface area (Å²) in [5, 5.41) is 11.9. The summed E-state index contributed by atoms with van der Waals surface area (Å²) in [6, 6.07) is 13.9. The second kappa shape index (κ2) is 8.17. The van der Waals surface area contributed by atoms with Crippen molar-refractivity contribution in [1.29, 1.82) is 5.26 Å². The molecule has 2 amide bonds. The SMILES string of the molecule is CC1c2nc(C(=O)NCc3ccccn3)cn2CCN1C(=O)c1cccc(C#N)c1. The molecule has 0 aliphatic carbocycles. The van der Waals surface area contributed by atoms with Gasteiger partial charge in [-0.25, -0.2) is 4.98 Å². The monoisotopic (exact) mass is 400 g/mol. The van der Waals surface area contributed by atoms with Crippen molar-refractivity contribution < 1.29 is 9.59 Å². The third-order valence-electron chi connectivity index (χ3n) is 5.12. The minimum Gasteiger partial charge on any atom is -0.345 e. The zero-order chi connectivity index (χ0) is 21.1. The van der Waals surface area contributed by atoms with Gasteiger partial charge < -0.3 is 14.8 Å². The number of nitriles is 1. The van der Waals surface area contributed by atoms with Crippen molar-refractivity contribution in [2.24, 2.45) is 0 Å². The van der Waals surface area contributed by atoms with Gasteiger partial charge in [0.25, 0.3) is 11.8 Å². The lowest BCUT2D eigenvalue weighted by Crippen LogP contribution is -2.41. The summed E-state index contributed by atoms with van der Waals surface area (Å²) in [5.74, 6) is 0.221. The molecule has 150 valence electrons. The Morgan fingerprint density at radius 2 is 2.10 bits per heavy atom. The van der Waals surface area contributed by atoms with Crippen LogP contribution in [0.5, 0.6) is 0 Å². The van der Waals surface area contributed by atoms with E-state index in [0.717, 1.165) is 5.69 Å². The number of imidazole rings is 1. The highest BCUT2D eigenvalue weighted by Crippen LogP contribution is 2.26. The van der Waals surface area contributed by atoms with Crippen molar-refractivity contribution in [3.8, 4) is 6.07 Å². The summed E-state index contributed by atoms with van der Waals surface area (Å²) in [7, 11) is 0. The van der Waals surface area contributed by atoms with Crippen LogP contribution in [0.2, 0.25) is 0 Å². The summed E-state index contributed by atoms with van der Waals surface area (Å²) >= 11 is 0. The molecule has 1 aliphatic rings. The summed E-state index contributed by atoms with van der Waals surface area (Å²) in [4.78, 5) is 35.9. The molecule has 4 rings (SSSR count). The second-order valence-corrected chi connectivity index (χ2v) is 7.05. The number of fused-ring (bicyclic) bond motifs is 1. The number of hydrogen-bond donors (Lipinski definition) is 1. The Bertz CT molecular complexity index is 1130. The molecule has 3 heterocycles. The minimum absolute atomic E-state index is 0.157. The molecule has 0 bridgehead atoms. The van der Waals surface area contributed by atoms with Gasteiger partial charge in [0.1, 0.15) is 11.5 Å². The normalized spacial score (nSPS) is 15.2. The number of hydrogen-bond acceptors (Lipinski definition) is 5. The Morgan fingerprint density at radius 1 is 1.23 bits per heavy atom. The number of rotatable bonds is 4. The molecule has 3 aromatic rings. The van der Waals surface area contributed by atoms with Crippen LogP contribution in [0, 0.1) is 11.3 Å². The van der Waals surface area contributed by atoms with Gasteiger partial charge in [-0.3, -0.25) is 14.6 Å². The van der Waals surface area contributed by atoms with E-state index in [1.807, 2.05) is 29.7 Å². The molecular formula is C22H20N6O2. The molecule has 8 nitrogen and oxygen atoms in total. The Kier molecular flexibility index (Phi) is 5.26. The highest BCUT2D eigenvalue weighted by molar-refractivity contribution is 5.95. The van der Waals surface area contributed by atoms with Crippen LogP contribution < -0.4 is 5.32 Å². The quantitative estimate of drug-likeness (QED) is 0.724. The molecule has 0 spiro atoms. The number of aromatic nitrogens is 3. The molecule has 30 heavy (non-hydrogen) atoms. The lowest BCUT2D eigenvalue weighted by Gasteiger charge is -2.33. The number of benzene rings is 1. The van der Waals surface area contributed by atoms with Crippen molar-refractivity contribution >= 4 is 11.8 Å². The third-order valence-corrected chi connectivity index (χ3v) is 5.12. The van der Waals surface area contributed by atoms with Crippen molar-refractivity contribution in [3.05, 3.63) is 83.2 Å². The smallest absolute Gasteiger partial charge is 0.271 e. The van der Waals surface area contributed by atoms with Crippen LogP contribution in [0.4, 0.5) is 0 Å². The Labute approximate surface area is 173 Å². The van der Waals surface area contributed by atoms with E-state index >= 15 is 0 Å². The zero-order valence-corrected chi connectivity index (χ0v) is 16.4. The third kappa shape index (κ3) is 3.78. The van der Waals surface area contributed by atoms with Gasteiger partial charge in [0.15, 0.2) is 0 Å². The summed E-state index contributed by atoms with van der Waals surface area (Å²) in [6.07, 6.45) is 3.40. The van der Waals surface area contributed by atoms with Gasteiger partial charge in [-0.2, -0.15) is 5.26 Å². The largest absolute Gasteiger partial charge is 0.345 e. The lowest BCUT2D eigenvalue weighted by atomic mass is 10.1. The van der Waals surface area contributed by atoms with Crippen molar-refractivity contribution in [1.82, 2.24) is 24.8 Å². The van der Waals surface area contributed by atoms with Crippen LogP contribution in [-0.2, 0) is 13.1 Å². The first-order chi connectivity index (χ1) is 14.6. The molecule has 1 unspecified atom stereocenters. The fraction of sp³-hybridized carbons (Fsp3) is 0.227. The highest BCUT2D eigenvalue weighted by atomic mass is 16.2. The van der Waals surface area contributed by atoms with E-state index in [9.17, 15) is 9.59 Å². The maximum Gasteiger partial charge on any atom is 0.271 e. The molecule has 0 saturated heterocycles. The van der Waals surface area contributed by atoms with E-state index in [1.54, 1.807) is 41.6 Å². The van der Waals surface area contributed by atoms with E-state index in [-0.39, 0.29) is 17.9 Å². The van der Waals surface area contributed by atoms with Gasteiger partial charge in [0.2, 0.25) is 0 Å². The van der Waals surface area contributed by atoms with Crippen molar-refractivity contribution in [3.63, 3.8) is 0 Å². The highest BCUT2D eigenvalue weighted by Gasteiger charge is 2.31. The standard InChI is InChI=1S/C22H20N6O2/c1-15-20-26-19(21(29)25-13-18-7-2-3-8-24-18)14-27(20)9-10-28(15)22(30)17-6-4-5-16(11-17)12-23/h2-8,11,14-15H,9-10,13H2,1H3,(H,25,29). The first-order valence-corrected chi connectivity index (χ1v) is 9.63. The van der Waals surface area contributed by atoms with E-state index in [4.69, 9.17) is 5.26 Å². The Balaban J connectivity index is 1.49. The molecule has 2 aromatic heterocycles. The van der Waals surface area contributed by atoms with Gasteiger partial charge >= 0.3 is 0 Å².